The maximum atomic E-state index is 12.3. The standard InChI is InChI=1S/C16H22N6O3/c1-19-12-15(24)22(16(19)25)6-2-3-14(23)21-9-7-20(8-10-21)13-11-17-4-5-18-13/h4-5,11H,2-3,6-10,12H2,1H3. The van der Waals surface area contributed by atoms with Crippen molar-refractivity contribution in [3.63, 3.8) is 0 Å². The predicted octanol–water partition coefficient (Wildman–Crippen LogP) is -0.201. The lowest BCUT2D eigenvalue weighted by molar-refractivity contribution is -0.132. The first-order valence-corrected chi connectivity index (χ1v) is 8.40. The summed E-state index contributed by atoms with van der Waals surface area (Å²) in [4.78, 5) is 50.7. The molecular weight excluding hydrogens is 324 g/mol. The van der Waals surface area contributed by atoms with Gasteiger partial charge < -0.3 is 14.7 Å². The summed E-state index contributed by atoms with van der Waals surface area (Å²) in [6.45, 7) is 3.14. The molecule has 2 saturated heterocycles. The van der Waals surface area contributed by atoms with Crippen molar-refractivity contribution in [1.29, 1.82) is 0 Å². The van der Waals surface area contributed by atoms with E-state index in [0.29, 0.717) is 32.5 Å². The van der Waals surface area contributed by atoms with Gasteiger partial charge in [-0.1, -0.05) is 0 Å². The van der Waals surface area contributed by atoms with Gasteiger partial charge in [-0.3, -0.25) is 19.5 Å². The van der Waals surface area contributed by atoms with Crippen LogP contribution in [0, 0.1) is 0 Å². The van der Waals surface area contributed by atoms with Gasteiger partial charge in [-0.25, -0.2) is 9.78 Å². The second-order valence-corrected chi connectivity index (χ2v) is 6.22. The number of carbonyl (C=O) groups excluding carboxylic acids is 3. The number of hydrogen-bond donors (Lipinski definition) is 0. The fourth-order valence-corrected chi connectivity index (χ4v) is 3.07. The van der Waals surface area contributed by atoms with E-state index in [2.05, 4.69) is 14.9 Å². The molecule has 4 amide bonds. The smallest absolute Gasteiger partial charge is 0.326 e. The quantitative estimate of drug-likeness (QED) is 0.686. The van der Waals surface area contributed by atoms with E-state index in [4.69, 9.17) is 0 Å². The molecule has 2 aliphatic heterocycles. The lowest BCUT2D eigenvalue weighted by Gasteiger charge is -2.35. The molecule has 2 aliphatic rings. The molecule has 9 nitrogen and oxygen atoms in total. The van der Waals surface area contributed by atoms with Crippen molar-refractivity contribution in [1.82, 2.24) is 24.7 Å². The van der Waals surface area contributed by atoms with Crippen molar-refractivity contribution in [2.75, 3.05) is 51.2 Å². The Morgan fingerprint density at radius 2 is 1.92 bits per heavy atom. The Balaban J connectivity index is 1.41. The van der Waals surface area contributed by atoms with E-state index in [1.165, 1.54) is 9.80 Å². The van der Waals surface area contributed by atoms with Crippen molar-refractivity contribution < 1.29 is 14.4 Å². The molecular formula is C16H22N6O3. The van der Waals surface area contributed by atoms with E-state index < -0.39 is 0 Å². The zero-order valence-corrected chi connectivity index (χ0v) is 14.3. The molecule has 1 aromatic heterocycles. The second-order valence-electron chi connectivity index (χ2n) is 6.22. The normalized spacial score (nSPS) is 18.3. The number of imide groups is 1. The van der Waals surface area contributed by atoms with Gasteiger partial charge in [0.1, 0.15) is 12.4 Å². The van der Waals surface area contributed by atoms with Crippen molar-refractivity contribution in [3.05, 3.63) is 18.6 Å². The van der Waals surface area contributed by atoms with Gasteiger partial charge in [0.05, 0.1) is 6.20 Å². The Kier molecular flexibility index (Phi) is 5.11. The number of likely N-dealkylation sites (N-methyl/N-ethyl adjacent to an activating group) is 1. The summed E-state index contributed by atoms with van der Waals surface area (Å²) in [7, 11) is 1.60. The fourth-order valence-electron chi connectivity index (χ4n) is 3.07. The first kappa shape index (κ1) is 17.1. The Hall–Kier alpha value is -2.71. The van der Waals surface area contributed by atoms with Crippen LogP contribution in [-0.4, -0.2) is 88.8 Å². The monoisotopic (exact) mass is 346 g/mol. The summed E-state index contributed by atoms with van der Waals surface area (Å²) in [5, 5.41) is 0. The van der Waals surface area contributed by atoms with Crippen LogP contribution < -0.4 is 4.90 Å². The number of hydrogen-bond acceptors (Lipinski definition) is 6. The third kappa shape index (κ3) is 3.86. The number of nitrogens with zero attached hydrogens (tertiary/aromatic N) is 6. The van der Waals surface area contributed by atoms with Gasteiger partial charge in [0, 0.05) is 58.6 Å². The van der Waals surface area contributed by atoms with Crippen LogP contribution in [0.2, 0.25) is 0 Å². The number of urea groups is 1. The summed E-state index contributed by atoms with van der Waals surface area (Å²) in [6, 6.07) is -0.282. The van der Waals surface area contributed by atoms with Crippen molar-refractivity contribution >= 4 is 23.7 Å². The summed E-state index contributed by atoms with van der Waals surface area (Å²) >= 11 is 0. The predicted molar refractivity (Wildman–Crippen MR) is 89.8 cm³/mol. The van der Waals surface area contributed by atoms with Crippen LogP contribution in [0.5, 0.6) is 0 Å². The molecule has 0 radical (unpaired) electrons. The Bertz CT molecular complexity index is 645. The summed E-state index contributed by atoms with van der Waals surface area (Å²) in [6.07, 6.45) is 5.85. The molecule has 25 heavy (non-hydrogen) atoms. The maximum absolute atomic E-state index is 12.3. The van der Waals surface area contributed by atoms with Crippen molar-refractivity contribution in [2.24, 2.45) is 0 Å². The molecule has 9 heteroatoms. The van der Waals surface area contributed by atoms with Gasteiger partial charge in [0.25, 0.3) is 0 Å². The Morgan fingerprint density at radius 1 is 1.16 bits per heavy atom. The number of piperazine rings is 1. The first-order valence-electron chi connectivity index (χ1n) is 8.40. The molecule has 3 heterocycles. The summed E-state index contributed by atoms with van der Waals surface area (Å²) in [5.74, 6) is 0.688. The van der Waals surface area contributed by atoms with Gasteiger partial charge in [0.15, 0.2) is 0 Å². The Morgan fingerprint density at radius 3 is 2.52 bits per heavy atom. The van der Waals surface area contributed by atoms with Crippen LogP contribution in [0.4, 0.5) is 10.6 Å². The highest BCUT2D eigenvalue weighted by Crippen LogP contribution is 2.13. The first-order chi connectivity index (χ1) is 12.1. The van der Waals surface area contributed by atoms with Gasteiger partial charge in [-0.15, -0.1) is 0 Å². The molecule has 0 saturated carbocycles. The fraction of sp³-hybridized carbons (Fsp3) is 0.562. The summed E-state index contributed by atoms with van der Waals surface area (Å²) < 4.78 is 0. The molecule has 2 fully saturated rings. The minimum absolute atomic E-state index is 0.0613. The van der Waals surface area contributed by atoms with Crippen molar-refractivity contribution in [3.8, 4) is 0 Å². The molecule has 0 atom stereocenters. The van der Waals surface area contributed by atoms with Crippen LogP contribution in [-0.2, 0) is 9.59 Å². The molecule has 134 valence electrons. The lowest BCUT2D eigenvalue weighted by Crippen LogP contribution is -2.49. The molecule has 0 unspecified atom stereocenters. The topological polar surface area (TPSA) is 90.0 Å². The molecule has 0 aromatic carbocycles. The van der Waals surface area contributed by atoms with Crippen LogP contribution in [0.25, 0.3) is 0 Å². The molecule has 1 aromatic rings. The van der Waals surface area contributed by atoms with Crippen LogP contribution >= 0.6 is 0 Å². The SMILES string of the molecule is CN1CC(=O)N(CCCC(=O)N2CCN(c3cnccn3)CC2)C1=O. The van der Waals surface area contributed by atoms with Crippen LogP contribution in [0.15, 0.2) is 18.6 Å². The number of carbonyl (C=O) groups is 3. The highest BCUT2D eigenvalue weighted by molar-refractivity contribution is 6.01. The van der Waals surface area contributed by atoms with Gasteiger partial charge >= 0.3 is 6.03 Å². The number of amides is 4. The minimum atomic E-state index is -0.282. The number of anilines is 1. The zero-order valence-electron chi connectivity index (χ0n) is 14.3. The average Bonchev–Trinajstić information content (AvgIpc) is 2.88. The Labute approximate surface area is 146 Å². The molecule has 0 spiro atoms. The molecule has 0 bridgehead atoms. The third-order valence-corrected chi connectivity index (χ3v) is 4.51. The van der Waals surface area contributed by atoms with Gasteiger partial charge in [-0.2, -0.15) is 0 Å². The van der Waals surface area contributed by atoms with E-state index in [9.17, 15) is 14.4 Å². The average molecular weight is 346 g/mol. The maximum Gasteiger partial charge on any atom is 0.326 e. The van der Waals surface area contributed by atoms with E-state index in [1.54, 1.807) is 25.6 Å². The van der Waals surface area contributed by atoms with Gasteiger partial charge in [0.2, 0.25) is 11.8 Å². The minimum Gasteiger partial charge on any atom is -0.352 e. The third-order valence-electron chi connectivity index (χ3n) is 4.51. The highest BCUT2D eigenvalue weighted by Gasteiger charge is 2.33. The molecule has 0 N–H and O–H groups in total. The van der Waals surface area contributed by atoms with E-state index in [1.807, 2.05) is 4.90 Å². The number of rotatable bonds is 5. The van der Waals surface area contributed by atoms with E-state index >= 15 is 0 Å². The second kappa shape index (κ2) is 7.45. The van der Waals surface area contributed by atoms with Crippen LogP contribution in [0.1, 0.15) is 12.8 Å². The lowest BCUT2D eigenvalue weighted by atomic mass is 10.2. The van der Waals surface area contributed by atoms with Crippen molar-refractivity contribution in [2.45, 2.75) is 12.8 Å². The summed E-state index contributed by atoms with van der Waals surface area (Å²) in [5.41, 5.74) is 0. The highest BCUT2D eigenvalue weighted by atomic mass is 16.2. The van der Waals surface area contributed by atoms with Gasteiger partial charge in [-0.05, 0) is 6.42 Å². The number of aromatic nitrogens is 2. The van der Waals surface area contributed by atoms with E-state index in [-0.39, 0.29) is 24.4 Å². The largest absolute Gasteiger partial charge is 0.352 e. The van der Waals surface area contributed by atoms with Crippen LogP contribution in [0.3, 0.4) is 0 Å². The van der Waals surface area contributed by atoms with E-state index in [0.717, 1.165) is 18.9 Å². The zero-order chi connectivity index (χ0) is 17.8. The molecule has 0 aliphatic carbocycles. The molecule has 3 rings (SSSR count).